The topological polar surface area (TPSA) is 86.2 Å². The van der Waals surface area contributed by atoms with Crippen molar-refractivity contribution in [1.82, 2.24) is 19.8 Å². The van der Waals surface area contributed by atoms with E-state index in [4.69, 9.17) is 5.73 Å². The number of fused-ring (bicyclic) bond motifs is 1. The number of aromatic nitrogens is 4. The van der Waals surface area contributed by atoms with Crippen molar-refractivity contribution in [3.05, 3.63) is 45.4 Å². The van der Waals surface area contributed by atoms with E-state index in [0.717, 1.165) is 15.5 Å². The number of benzene rings is 1. The molecule has 1 aromatic carbocycles. The van der Waals surface area contributed by atoms with E-state index in [1.807, 2.05) is 31.4 Å². The molecule has 0 atom stereocenters. The molecule has 0 saturated carbocycles. The number of thioether (sulfide) groups is 1. The van der Waals surface area contributed by atoms with Gasteiger partial charge in [-0.05, 0) is 30.4 Å². The molecule has 0 fully saturated rings. The van der Waals surface area contributed by atoms with Gasteiger partial charge < -0.3 is 5.73 Å². The lowest BCUT2D eigenvalue weighted by Crippen LogP contribution is -2.22. The molecule has 2 N–H and O–H groups in total. The number of aryl methyl sites for hydroxylation is 1. The number of anilines is 1. The average Bonchev–Trinajstić information content (AvgIpc) is 2.88. The Bertz CT molecular complexity index is 871. The predicted molar refractivity (Wildman–Crippen MR) is 85.1 cm³/mol. The standard InChI is InChI=1S/C13H13N5OS2/c1-7-3-4-8(9(14)5-7)6-10-11(19)18-12(16-15-10)21-13(17-18)20-2/h3-5H,6,14H2,1-2H3. The summed E-state index contributed by atoms with van der Waals surface area (Å²) in [5, 5.41) is 12.3. The van der Waals surface area contributed by atoms with Crippen LogP contribution in [0.2, 0.25) is 0 Å². The van der Waals surface area contributed by atoms with Crippen LogP contribution < -0.4 is 11.3 Å². The van der Waals surface area contributed by atoms with Crippen molar-refractivity contribution in [2.75, 3.05) is 12.0 Å². The Hall–Kier alpha value is -1.93. The van der Waals surface area contributed by atoms with Crippen molar-refractivity contribution in [3.8, 4) is 0 Å². The SMILES string of the molecule is CSc1nn2c(=O)c(Cc3ccc(C)cc3N)nnc2s1. The summed E-state index contributed by atoms with van der Waals surface area (Å²) in [6.45, 7) is 1.97. The fourth-order valence-electron chi connectivity index (χ4n) is 1.98. The van der Waals surface area contributed by atoms with Crippen LogP contribution in [0.1, 0.15) is 16.8 Å². The summed E-state index contributed by atoms with van der Waals surface area (Å²) in [5.41, 5.74) is 8.70. The Morgan fingerprint density at radius 3 is 2.90 bits per heavy atom. The van der Waals surface area contributed by atoms with Gasteiger partial charge in [-0.2, -0.15) is 4.52 Å². The summed E-state index contributed by atoms with van der Waals surface area (Å²) in [4.78, 5) is 12.9. The van der Waals surface area contributed by atoms with Gasteiger partial charge in [0, 0.05) is 12.1 Å². The normalized spacial score (nSPS) is 11.1. The average molecular weight is 319 g/mol. The molecule has 8 heteroatoms. The molecule has 108 valence electrons. The van der Waals surface area contributed by atoms with Crippen molar-refractivity contribution in [3.63, 3.8) is 0 Å². The molecule has 0 aliphatic carbocycles. The number of nitrogens with two attached hydrogens (primary N) is 1. The van der Waals surface area contributed by atoms with Crippen LogP contribution in [-0.4, -0.2) is 26.1 Å². The van der Waals surface area contributed by atoms with Crippen molar-refractivity contribution in [2.24, 2.45) is 0 Å². The number of hydrogen-bond acceptors (Lipinski definition) is 7. The summed E-state index contributed by atoms with van der Waals surface area (Å²) in [7, 11) is 0. The quantitative estimate of drug-likeness (QED) is 0.584. The molecule has 0 aliphatic rings. The molecule has 2 aromatic heterocycles. The van der Waals surface area contributed by atoms with Gasteiger partial charge >= 0.3 is 0 Å². The van der Waals surface area contributed by atoms with Gasteiger partial charge in [-0.1, -0.05) is 35.2 Å². The van der Waals surface area contributed by atoms with Crippen molar-refractivity contribution in [1.29, 1.82) is 0 Å². The molecule has 6 nitrogen and oxygen atoms in total. The Morgan fingerprint density at radius 1 is 1.38 bits per heavy atom. The number of hydrogen-bond donors (Lipinski definition) is 1. The van der Waals surface area contributed by atoms with Crippen LogP contribution in [0.5, 0.6) is 0 Å². The zero-order chi connectivity index (χ0) is 15.0. The molecule has 21 heavy (non-hydrogen) atoms. The van der Waals surface area contributed by atoms with Crippen LogP contribution in [0.3, 0.4) is 0 Å². The third-order valence-corrected chi connectivity index (χ3v) is 4.95. The van der Waals surface area contributed by atoms with Crippen LogP contribution >= 0.6 is 23.1 Å². The maximum atomic E-state index is 12.4. The second-order valence-electron chi connectivity index (χ2n) is 4.60. The number of rotatable bonds is 3. The summed E-state index contributed by atoms with van der Waals surface area (Å²) >= 11 is 2.83. The van der Waals surface area contributed by atoms with Crippen LogP contribution in [0.15, 0.2) is 27.3 Å². The largest absolute Gasteiger partial charge is 0.398 e. The third-order valence-electron chi connectivity index (χ3n) is 3.07. The molecule has 2 heterocycles. The third kappa shape index (κ3) is 2.64. The molecule has 0 amide bonds. The van der Waals surface area contributed by atoms with E-state index in [1.165, 1.54) is 27.6 Å². The van der Waals surface area contributed by atoms with E-state index in [1.54, 1.807) is 0 Å². The Kier molecular flexibility index (Phi) is 3.64. The molecule has 0 radical (unpaired) electrons. The molecule has 0 spiro atoms. The van der Waals surface area contributed by atoms with Gasteiger partial charge in [0.05, 0.1) is 0 Å². The van der Waals surface area contributed by atoms with Crippen molar-refractivity contribution >= 4 is 33.7 Å². The highest BCUT2D eigenvalue weighted by Crippen LogP contribution is 2.20. The van der Waals surface area contributed by atoms with Gasteiger partial charge in [-0.15, -0.1) is 15.3 Å². The minimum absolute atomic E-state index is 0.239. The first-order valence-electron chi connectivity index (χ1n) is 6.23. The fraction of sp³-hybridized carbons (Fsp3) is 0.231. The summed E-state index contributed by atoms with van der Waals surface area (Å²) in [6, 6.07) is 5.76. The van der Waals surface area contributed by atoms with Crippen LogP contribution in [0.4, 0.5) is 5.69 Å². The molecule has 0 saturated heterocycles. The Balaban J connectivity index is 2.04. The first-order valence-corrected chi connectivity index (χ1v) is 8.27. The van der Waals surface area contributed by atoms with Gasteiger partial charge in [0.2, 0.25) is 4.96 Å². The fourth-order valence-corrected chi connectivity index (χ4v) is 3.27. The zero-order valence-electron chi connectivity index (χ0n) is 11.5. The van der Waals surface area contributed by atoms with Gasteiger partial charge in [0.15, 0.2) is 4.34 Å². The lowest BCUT2D eigenvalue weighted by molar-refractivity contribution is 0.788. The molecule has 0 bridgehead atoms. The Morgan fingerprint density at radius 2 is 2.19 bits per heavy atom. The van der Waals surface area contributed by atoms with Gasteiger partial charge in [0.1, 0.15) is 5.69 Å². The molecular formula is C13H13N5OS2. The molecule has 0 unspecified atom stereocenters. The lowest BCUT2D eigenvalue weighted by atomic mass is 10.1. The van der Waals surface area contributed by atoms with E-state index >= 15 is 0 Å². The first kappa shape index (κ1) is 14.0. The van der Waals surface area contributed by atoms with Crippen LogP contribution in [0, 0.1) is 6.92 Å². The highest BCUT2D eigenvalue weighted by molar-refractivity contribution is 8.00. The summed E-state index contributed by atoms with van der Waals surface area (Å²) in [5.74, 6) is 0. The Labute approximate surface area is 129 Å². The minimum atomic E-state index is -0.239. The van der Waals surface area contributed by atoms with Crippen LogP contribution in [0.25, 0.3) is 4.96 Å². The van der Waals surface area contributed by atoms with E-state index in [-0.39, 0.29) is 5.56 Å². The maximum absolute atomic E-state index is 12.4. The molecular weight excluding hydrogens is 306 g/mol. The van der Waals surface area contributed by atoms with E-state index in [2.05, 4.69) is 15.3 Å². The van der Waals surface area contributed by atoms with Crippen molar-refractivity contribution < 1.29 is 0 Å². The van der Waals surface area contributed by atoms with Gasteiger partial charge in [0.25, 0.3) is 5.56 Å². The smallest absolute Gasteiger partial charge is 0.297 e. The number of nitrogens with zero attached hydrogens (tertiary/aromatic N) is 4. The second-order valence-corrected chi connectivity index (χ2v) is 6.61. The van der Waals surface area contributed by atoms with Gasteiger partial charge in [-0.25, -0.2) is 0 Å². The predicted octanol–water partition coefficient (Wildman–Crippen LogP) is 1.75. The monoisotopic (exact) mass is 319 g/mol. The first-order chi connectivity index (χ1) is 10.1. The summed E-state index contributed by atoms with van der Waals surface area (Å²) in [6.07, 6.45) is 2.26. The van der Waals surface area contributed by atoms with E-state index < -0.39 is 0 Å². The summed E-state index contributed by atoms with van der Waals surface area (Å²) < 4.78 is 2.09. The van der Waals surface area contributed by atoms with E-state index in [0.29, 0.717) is 22.8 Å². The van der Waals surface area contributed by atoms with Crippen LogP contribution in [-0.2, 0) is 6.42 Å². The molecule has 3 aromatic rings. The van der Waals surface area contributed by atoms with Gasteiger partial charge in [-0.3, -0.25) is 4.79 Å². The second kappa shape index (κ2) is 5.45. The highest BCUT2D eigenvalue weighted by atomic mass is 32.2. The zero-order valence-corrected chi connectivity index (χ0v) is 13.2. The number of nitrogen functional groups attached to an aromatic ring is 1. The van der Waals surface area contributed by atoms with E-state index in [9.17, 15) is 4.79 Å². The highest BCUT2D eigenvalue weighted by Gasteiger charge is 2.13. The maximum Gasteiger partial charge on any atom is 0.297 e. The van der Waals surface area contributed by atoms with Crippen molar-refractivity contribution in [2.45, 2.75) is 17.7 Å². The minimum Gasteiger partial charge on any atom is -0.398 e. The lowest BCUT2D eigenvalue weighted by Gasteiger charge is -2.05. The molecule has 3 rings (SSSR count). The molecule has 0 aliphatic heterocycles.